The zero-order valence-electron chi connectivity index (χ0n) is 18.6. The highest BCUT2D eigenvalue weighted by Crippen LogP contribution is 2.45. The molecule has 3 aliphatic rings. The fourth-order valence-corrected chi connectivity index (χ4v) is 5.88. The number of hydrogen-bond acceptors (Lipinski definition) is 4. The molecule has 2 bridgehead atoms. The van der Waals surface area contributed by atoms with Crippen molar-refractivity contribution in [2.45, 2.75) is 49.7 Å². The number of amides is 2. The summed E-state index contributed by atoms with van der Waals surface area (Å²) in [5.74, 6) is 0.576. The van der Waals surface area contributed by atoms with Gasteiger partial charge in [-0.15, -0.1) is 12.3 Å². The maximum absolute atomic E-state index is 13.3. The van der Waals surface area contributed by atoms with Crippen LogP contribution >= 0.6 is 0 Å². The number of fused-ring (bicyclic) bond motifs is 5. The molecule has 0 saturated carbocycles. The highest BCUT2D eigenvalue weighted by molar-refractivity contribution is 5.88. The highest BCUT2D eigenvalue weighted by Gasteiger charge is 2.52. The number of aliphatic carboxylic acids is 1. The van der Waals surface area contributed by atoms with Crippen molar-refractivity contribution in [2.24, 2.45) is 5.92 Å². The minimum absolute atomic E-state index is 0.0106. The first-order valence-corrected chi connectivity index (χ1v) is 11.6. The van der Waals surface area contributed by atoms with Crippen LogP contribution in [-0.4, -0.2) is 52.7 Å². The topological polar surface area (TPSA) is 95.9 Å². The smallest absolute Gasteiger partial charge is 0.407 e. The number of terminal acetylenes is 1. The van der Waals surface area contributed by atoms with Crippen LogP contribution in [0.25, 0.3) is 11.1 Å². The van der Waals surface area contributed by atoms with Crippen LogP contribution in [0.4, 0.5) is 4.79 Å². The standard InChI is InChI=1S/C27H26N2O5/c1-2-7-23(25(30)29-16-12-13-24(29)21(14-16)26(31)32)28-27(33)34-15-22-19-10-5-3-8-17(19)18-9-4-6-11-20(18)22/h1,3-6,8-11,16,21-24H,7,12-15H2,(H,28,33)(H,31,32). The van der Waals surface area contributed by atoms with Crippen LogP contribution < -0.4 is 5.32 Å². The lowest BCUT2D eigenvalue weighted by Crippen LogP contribution is -2.51. The van der Waals surface area contributed by atoms with Crippen LogP contribution in [0.15, 0.2) is 48.5 Å². The van der Waals surface area contributed by atoms with Crippen molar-refractivity contribution in [3.05, 3.63) is 59.7 Å². The van der Waals surface area contributed by atoms with Gasteiger partial charge in [-0.1, -0.05) is 48.5 Å². The summed E-state index contributed by atoms with van der Waals surface area (Å²) in [7, 11) is 0. The molecular formula is C27H26N2O5. The Bertz CT molecular complexity index is 1140. The van der Waals surface area contributed by atoms with Gasteiger partial charge >= 0.3 is 12.1 Å². The number of nitrogens with zero attached hydrogens (tertiary/aromatic N) is 1. The van der Waals surface area contributed by atoms with Gasteiger partial charge in [-0.25, -0.2) is 4.79 Å². The van der Waals surface area contributed by atoms with E-state index in [1.54, 1.807) is 4.90 Å². The molecule has 2 aromatic carbocycles. The molecule has 2 N–H and O–H groups in total. The first kappa shape index (κ1) is 22.0. The van der Waals surface area contributed by atoms with E-state index in [-0.39, 0.29) is 36.9 Å². The molecule has 2 amide bonds. The predicted molar refractivity (Wildman–Crippen MR) is 125 cm³/mol. The molecule has 34 heavy (non-hydrogen) atoms. The number of ether oxygens (including phenoxy) is 1. The summed E-state index contributed by atoms with van der Waals surface area (Å²) in [5, 5.41) is 12.1. The first-order valence-electron chi connectivity index (χ1n) is 11.6. The zero-order chi connectivity index (χ0) is 23.8. The van der Waals surface area contributed by atoms with Crippen molar-refractivity contribution in [3.8, 4) is 23.5 Å². The van der Waals surface area contributed by atoms with E-state index in [1.165, 1.54) is 0 Å². The van der Waals surface area contributed by atoms with Gasteiger partial charge < -0.3 is 20.1 Å². The van der Waals surface area contributed by atoms with Gasteiger partial charge in [-0.3, -0.25) is 9.59 Å². The Morgan fingerprint density at radius 2 is 1.74 bits per heavy atom. The Labute approximate surface area is 198 Å². The van der Waals surface area contributed by atoms with Gasteiger partial charge in [0.1, 0.15) is 12.6 Å². The molecule has 5 rings (SSSR count). The summed E-state index contributed by atoms with van der Waals surface area (Å²) in [6.07, 6.45) is 6.64. The van der Waals surface area contributed by atoms with Crippen molar-refractivity contribution >= 4 is 18.0 Å². The second-order valence-electron chi connectivity index (χ2n) is 9.16. The maximum atomic E-state index is 13.3. The summed E-state index contributed by atoms with van der Waals surface area (Å²) in [4.78, 5) is 39.2. The fourth-order valence-electron chi connectivity index (χ4n) is 5.88. The van der Waals surface area contributed by atoms with Crippen molar-refractivity contribution in [1.29, 1.82) is 0 Å². The lowest BCUT2D eigenvalue weighted by molar-refractivity contribution is -0.143. The Balaban J connectivity index is 1.26. The van der Waals surface area contributed by atoms with E-state index in [0.29, 0.717) is 12.8 Å². The third-order valence-electron chi connectivity index (χ3n) is 7.36. The van der Waals surface area contributed by atoms with E-state index in [0.717, 1.165) is 28.7 Å². The number of carbonyl (C=O) groups is 3. The molecule has 2 saturated heterocycles. The summed E-state index contributed by atoms with van der Waals surface area (Å²) in [5.41, 5.74) is 4.46. The molecule has 1 aliphatic carbocycles. The normalized spacial score (nSPS) is 23.0. The molecule has 174 valence electrons. The summed E-state index contributed by atoms with van der Waals surface area (Å²) < 4.78 is 5.57. The van der Waals surface area contributed by atoms with Crippen molar-refractivity contribution in [3.63, 3.8) is 0 Å². The second kappa shape index (κ2) is 8.86. The van der Waals surface area contributed by atoms with E-state index in [4.69, 9.17) is 11.2 Å². The van der Waals surface area contributed by atoms with Crippen molar-refractivity contribution in [2.75, 3.05) is 6.61 Å². The minimum Gasteiger partial charge on any atom is -0.481 e. The first-order chi connectivity index (χ1) is 16.5. The van der Waals surface area contributed by atoms with Gasteiger partial charge in [-0.05, 0) is 41.5 Å². The van der Waals surface area contributed by atoms with Crippen molar-refractivity contribution < 1.29 is 24.2 Å². The molecule has 4 unspecified atom stereocenters. The van der Waals surface area contributed by atoms with E-state index in [2.05, 4.69) is 23.4 Å². The number of carboxylic acid groups (broad SMARTS) is 1. The maximum Gasteiger partial charge on any atom is 0.407 e. The van der Waals surface area contributed by atoms with E-state index < -0.39 is 24.0 Å². The lowest BCUT2D eigenvalue weighted by atomic mass is 9.89. The number of carbonyl (C=O) groups excluding carboxylic acids is 2. The number of hydrogen-bond donors (Lipinski definition) is 2. The van der Waals surface area contributed by atoms with E-state index in [1.807, 2.05) is 36.4 Å². The minimum atomic E-state index is -0.948. The van der Waals surface area contributed by atoms with Crippen LogP contribution in [0.5, 0.6) is 0 Å². The monoisotopic (exact) mass is 458 g/mol. The SMILES string of the molecule is C#CCC(NC(=O)OCC1c2ccccc2-c2ccccc21)C(=O)N1C2CCC1C(C(=O)O)C2. The third-order valence-corrected chi connectivity index (χ3v) is 7.36. The summed E-state index contributed by atoms with van der Waals surface area (Å²) in [6.45, 7) is 0.132. The lowest BCUT2D eigenvalue weighted by Gasteiger charge is -2.27. The van der Waals surface area contributed by atoms with E-state index >= 15 is 0 Å². The molecule has 7 nitrogen and oxygen atoms in total. The second-order valence-corrected chi connectivity index (χ2v) is 9.16. The Morgan fingerprint density at radius 1 is 1.09 bits per heavy atom. The van der Waals surface area contributed by atoms with E-state index in [9.17, 15) is 19.5 Å². The predicted octanol–water partition coefficient (Wildman–Crippen LogP) is 3.38. The number of rotatable bonds is 6. The quantitative estimate of drug-likeness (QED) is 0.647. The molecule has 0 radical (unpaired) electrons. The number of carboxylic acids is 1. The zero-order valence-corrected chi connectivity index (χ0v) is 18.6. The third kappa shape index (κ3) is 3.69. The molecule has 0 spiro atoms. The highest BCUT2D eigenvalue weighted by atomic mass is 16.5. The molecule has 4 atom stereocenters. The number of benzene rings is 2. The Hall–Kier alpha value is -3.79. The van der Waals surface area contributed by atoms with Crippen LogP contribution in [0.1, 0.15) is 42.7 Å². The summed E-state index contributed by atoms with van der Waals surface area (Å²) in [6, 6.07) is 14.7. The summed E-state index contributed by atoms with van der Waals surface area (Å²) >= 11 is 0. The molecule has 7 heteroatoms. The number of nitrogens with one attached hydrogen (secondary N) is 1. The van der Waals surface area contributed by atoms with Gasteiger partial charge in [0.15, 0.2) is 0 Å². The van der Waals surface area contributed by atoms with Crippen LogP contribution in [0.2, 0.25) is 0 Å². The Morgan fingerprint density at radius 3 is 2.32 bits per heavy atom. The van der Waals surface area contributed by atoms with Crippen molar-refractivity contribution in [1.82, 2.24) is 10.2 Å². The average Bonchev–Trinajstić information content (AvgIpc) is 3.52. The van der Waals surface area contributed by atoms with Gasteiger partial charge in [0, 0.05) is 24.4 Å². The number of alkyl carbamates (subject to hydrolysis) is 1. The molecule has 2 aliphatic heterocycles. The van der Waals surface area contributed by atoms with Gasteiger partial charge in [0.05, 0.1) is 5.92 Å². The average molecular weight is 459 g/mol. The van der Waals surface area contributed by atoms with Gasteiger partial charge in [-0.2, -0.15) is 0 Å². The van der Waals surface area contributed by atoms with Gasteiger partial charge in [0.2, 0.25) is 5.91 Å². The molecular weight excluding hydrogens is 432 g/mol. The largest absolute Gasteiger partial charge is 0.481 e. The molecule has 2 aromatic rings. The molecule has 0 aromatic heterocycles. The van der Waals surface area contributed by atoms with Gasteiger partial charge in [0.25, 0.3) is 0 Å². The van der Waals surface area contributed by atoms with Crippen LogP contribution in [0, 0.1) is 18.3 Å². The molecule has 2 heterocycles. The Kier molecular flexibility index (Phi) is 5.74. The molecule has 2 fully saturated rings. The van der Waals surface area contributed by atoms with Crippen LogP contribution in [-0.2, 0) is 14.3 Å². The van der Waals surface area contributed by atoms with Crippen LogP contribution in [0.3, 0.4) is 0 Å². The fraction of sp³-hybridized carbons (Fsp3) is 0.370.